The van der Waals surface area contributed by atoms with Gasteiger partial charge in [0.15, 0.2) is 11.5 Å². The van der Waals surface area contributed by atoms with Crippen LogP contribution in [-0.2, 0) is 13.2 Å². The lowest BCUT2D eigenvalue weighted by Crippen LogP contribution is -2.16. The largest absolute Gasteiger partial charge is 0.493 e. The summed E-state index contributed by atoms with van der Waals surface area (Å²) >= 11 is 5.90. The minimum atomic E-state index is 0.486. The van der Waals surface area contributed by atoms with E-state index in [0.29, 0.717) is 6.61 Å². The van der Waals surface area contributed by atoms with Gasteiger partial charge in [0.1, 0.15) is 6.61 Å². The smallest absolute Gasteiger partial charge is 0.161 e. The lowest BCUT2D eigenvalue weighted by Gasteiger charge is -2.13. The summed E-state index contributed by atoms with van der Waals surface area (Å²) in [5.41, 5.74) is 2.26. The average molecular weight is 348 g/mol. The molecule has 0 saturated carbocycles. The zero-order valence-corrected chi connectivity index (χ0v) is 15.4. The van der Waals surface area contributed by atoms with Crippen LogP contribution in [0.5, 0.6) is 11.5 Å². The Morgan fingerprint density at radius 3 is 2.38 bits per heavy atom. The highest BCUT2D eigenvalue weighted by molar-refractivity contribution is 6.30. The van der Waals surface area contributed by atoms with Crippen molar-refractivity contribution in [3.63, 3.8) is 0 Å². The van der Waals surface area contributed by atoms with E-state index in [1.807, 2.05) is 36.4 Å². The van der Waals surface area contributed by atoms with Gasteiger partial charge in [-0.2, -0.15) is 0 Å². The summed E-state index contributed by atoms with van der Waals surface area (Å²) in [6.45, 7) is 6.81. The Kier molecular flexibility index (Phi) is 7.41. The number of ether oxygens (including phenoxy) is 2. The zero-order valence-electron chi connectivity index (χ0n) is 14.6. The molecule has 0 aliphatic rings. The predicted molar refractivity (Wildman–Crippen MR) is 99.9 cm³/mol. The van der Waals surface area contributed by atoms with Crippen LogP contribution in [0.2, 0.25) is 5.02 Å². The number of halogens is 1. The van der Waals surface area contributed by atoms with Crippen LogP contribution < -0.4 is 14.8 Å². The third kappa shape index (κ3) is 6.06. The van der Waals surface area contributed by atoms with Gasteiger partial charge < -0.3 is 14.8 Å². The van der Waals surface area contributed by atoms with Gasteiger partial charge in [0.05, 0.1) is 7.11 Å². The number of benzene rings is 2. The Balaban J connectivity index is 1.91. The molecule has 0 aliphatic carbocycles. The SMILES string of the molecule is COc1cc(CNCCC(C)C)ccc1OCc1ccc(Cl)cc1. The van der Waals surface area contributed by atoms with Crippen molar-refractivity contribution in [2.75, 3.05) is 13.7 Å². The van der Waals surface area contributed by atoms with E-state index in [9.17, 15) is 0 Å². The van der Waals surface area contributed by atoms with E-state index >= 15 is 0 Å². The van der Waals surface area contributed by atoms with Crippen LogP contribution in [0.1, 0.15) is 31.4 Å². The van der Waals surface area contributed by atoms with Gasteiger partial charge in [-0.05, 0) is 54.3 Å². The molecule has 0 bridgehead atoms. The molecule has 3 nitrogen and oxygen atoms in total. The summed E-state index contributed by atoms with van der Waals surface area (Å²) in [5, 5.41) is 4.19. The quantitative estimate of drug-likeness (QED) is 0.643. The molecule has 0 aromatic heterocycles. The summed E-state index contributed by atoms with van der Waals surface area (Å²) in [6, 6.07) is 13.7. The normalized spacial score (nSPS) is 10.9. The Bertz CT molecular complexity index is 626. The highest BCUT2D eigenvalue weighted by atomic mass is 35.5. The Morgan fingerprint density at radius 1 is 1.00 bits per heavy atom. The molecule has 1 N–H and O–H groups in total. The van der Waals surface area contributed by atoms with Crippen molar-refractivity contribution < 1.29 is 9.47 Å². The highest BCUT2D eigenvalue weighted by Crippen LogP contribution is 2.29. The van der Waals surface area contributed by atoms with Crippen LogP contribution in [0.3, 0.4) is 0 Å². The molecule has 0 fully saturated rings. The zero-order chi connectivity index (χ0) is 17.4. The lowest BCUT2D eigenvalue weighted by atomic mass is 10.1. The first-order chi connectivity index (χ1) is 11.6. The molecule has 0 amide bonds. The number of methoxy groups -OCH3 is 1. The number of hydrogen-bond acceptors (Lipinski definition) is 3. The molecule has 0 radical (unpaired) electrons. The van der Waals surface area contributed by atoms with Crippen LogP contribution in [0.25, 0.3) is 0 Å². The minimum Gasteiger partial charge on any atom is -0.493 e. The minimum absolute atomic E-state index is 0.486. The summed E-state index contributed by atoms with van der Waals surface area (Å²) in [5.74, 6) is 2.22. The van der Waals surface area contributed by atoms with Crippen LogP contribution in [0, 0.1) is 5.92 Å². The molecule has 0 aliphatic heterocycles. The number of hydrogen-bond donors (Lipinski definition) is 1. The Morgan fingerprint density at radius 2 is 1.71 bits per heavy atom. The molecule has 0 atom stereocenters. The summed E-state index contributed by atoms with van der Waals surface area (Å²) in [7, 11) is 1.67. The first-order valence-electron chi connectivity index (χ1n) is 8.33. The molecule has 2 aromatic carbocycles. The fourth-order valence-corrected chi connectivity index (χ4v) is 2.43. The maximum absolute atomic E-state index is 5.90. The van der Waals surface area contributed by atoms with Crippen molar-refractivity contribution in [3.8, 4) is 11.5 Å². The second kappa shape index (κ2) is 9.55. The van der Waals surface area contributed by atoms with Gasteiger partial charge in [-0.1, -0.05) is 43.6 Å². The maximum Gasteiger partial charge on any atom is 0.161 e. The second-order valence-electron chi connectivity index (χ2n) is 6.26. The molecule has 2 rings (SSSR count). The van der Waals surface area contributed by atoms with E-state index in [0.717, 1.165) is 41.1 Å². The first kappa shape index (κ1) is 18.6. The van der Waals surface area contributed by atoms with Crippen molar-refractivity contribution in [2.24, 2.45) is 5.92 Å². The monoisotopic (exact) mass is 347 g/mol. The van der Waals surface area contributed by atoms with E-state index in [-0.39, 0.29) is 0 Å². The van der Waals surface area contributed by atoms with Gasteiger partial charge in [-0.25, -0.2) is 0 Å². The van der Waals surface area contributed by atoms with Crippen LogP contribution in [0.15, 0.2) is 42.5 Å². The van der Waals surface area contributed by atoms with E-state index in [1.54, 1.807) is 7.11 Å². The molecule has 0 spiro atoms. The standard InChI is InChI=1S/C20H26ClNO2/c1-15(2)10-11-22-13-17-6-9-19(20(12-17)23-3)24-14-16-4-7-18(21)8-5-16/h4-9,12,15,22H,10-11,13-14H2,1-3H3. The summed E-state index contributed by atoms with van der Waals surface area (Å²) in [6.07, 6.45) is 1.18. The van der Waals surface area contributed by atoms with Crippen LogP contribution in [-0.4, -0.2) is 13.7 Å². The van der Waals surface area contributed by atoms with Crippen molar-refractivity contribution >= 4 is 11.6 Å². The molecule has 0 saturated heterocycles. The Hall–Kier alpha value is -1.71. The summed E-state index contributed by atoms with van der Waals surface area (Å²) in [4.78, 5) is 0. The number of rotatable bonds is 9. The third-order valence-corrected chi connectivity index (χ3v) is 4.02. The molecule has 130 valence electrons. The fourth-order valence-electron chi connectivity index (χ4n) is 2.31. The Labute approximate surface area is 149 Å². The summed E-state index contributed by atoms with van der Waals surface area (Å²) < 4.78 is 11.3. The van der Waals surface area contributed by atoms with Crippen molar-refractivity contribution in [2.45, 2.75) is 33.4 Å². The van der Waals surface area contributed by atoms with E-state index in [2.05, 4.69) is 25.2 Å². The van der Waals surface area contributed by atoms with E-state index in [4.69, 9.17) is 21.1 Å². The molecule has 24 heavy (non-hydrogen) atoms. The third-order valence-electron chi connectivity index (χ3n) is 3.76. The first-order valence-corrected chi connectivity index (χ1v) is 8.71. The van der Waals surface area contributed by atoms with E-state index in [1.165, 1.54) is 12.0 Å². The van der Waals surface area contributed by atoms with Gasteiger partial charge >= 0.3 is 0 Å². The second-order valence-corrected chi connectivity index (χ2v) is 6.70. The van der Waals surface area contributed by atoms with Gasteiger partial charge in [-0.15, -0.1) is 0 Å². The van der Waals surface area contributed by atoms with Crippen LogP contribution in [0.4, 0.5) is 0 Å². The molecule has 2 aromatic rings. The van der Waals surface area contributed by atoms with E-state index < -0.39 is 0 Å². The van der Waals surface area contributed by atoms with Gasteiger partial charge in [-0.3, -0.25) is 0 Å². The molecule has 4 heteroatoms. The van der Waals surface area contributed by atoms with Gasteiger partial charge in [0.2, 0.25) is 0 Å². The van der Waals surface area contributed by atoms with Gasteiger partial charge in [0.25, 0.3) is 0 Å². The maximum atomic E-state index is 5.90. The molecular formula is C20H26ClNO2. The highest BCUT2D eigenvalue weighted by Gasteiger charge is 2.06. The topological polar surface area (TPSA) is 30.5 Å². The molecular weight excluding hydrogens is 322 g/mol. The lowest BCUT2D eigenvalue weighted by molar-refractivity contribution is 0.284. The molecule has 0 heterocycles. The number of nitrogens with one attached hydrogen (secondary N) is 1. The average Bonchev–Trinajstić information content (AvgIpc) is 2.58. The van der Waals surface area contributed by atoms with Crippen molar-refractivity contribution in [1.29, 1.82) is 0 Å². The van der Waals surface area contributed by atoms with Crippen LogP contribution >= 0.6 is 11.6 Å². The van der Waals surface area contributed by atoms with Crippen molar-refractivity contribution in [1.82, 2.24) is 5.32 Å². The molecule has 0 unspecified atom stereocenters. The van der Waals surface area contributed by atoms with Gasteiger partial charge in [0, 0.05) is 11.6 Å². The fraction of sp³-hybridized carbons (Fsp3) is 0.400. The van der Waals surface area contributed by atoms with Crippen molar-refractivity contribution in [3.05, 3.63) is 58.6 Å². The predicted octanol–water partition coefficient (Wildman–Crippen LogP) is 5.06.